The molecule has 0 aromatic heterocycles. The highest BCUT2D eigenvalue weighted by Gasteiger charge is 2.25. The second-order valence-corrected chi connectivity index (χ2v) is 9.81. The van der Waals surface area contributed by atoms with Crippen molar-refractivity contribution in [3.63, 3.8) is 0 Å². The number of nitrogens with zero attached hydrogens (tertiary/aromatic N) is 1. The van der Waals surface area contributed by atoms with Crippen molar-refractivity contribution in [3.8, 4) is 23.0 Å². The van der Waals surface area contributed by atoms with Crippen LogP contribution in [-0.4, -0.2) is 41.3 Å². The lowest BCUT2D eigenvalue weighted by Gasteiger charge is -2.24. The first-order valence-electron chi connectivity index (χ1n) is 9.84. The van der Waals surface area contributed by atoms with E-state index < -0.39 is 22.5 Å². The molecule has 0 radical (unpaired) electrons. The fraction of sp³-hybridized carbons (Fsp3) is 0.174. The Kier molecular flexibility index (Phi) is 8.14. The molecule has 1 amide bonds. The summed E-state index contributed by atoms with van der Waals surface area (Å²) in [6.07, 6.45) is 0.982. The second-order valence-electron chi connectivity index (χ2n) is 7.03. The molecule has 0 fully saturated rings. The molecule has 0 aliphatic heterocycles. The number of carbonyl (C=O) groups is 1. The molecular weight excluding hydrogens is 503 g/mol. The summed E-state index contributed by atoms with van der Waals surface area (Å²) in [5.74, 6) is 0.800. The molecule has 11 heteroatoms. The highest BCUT2D eigenvalue weighted by atomic mass is 35.5. The monoisotopic (exact) mass is 524 g/mol. The van der Waals surface area contributed by atoms with E-state index in [4.69, 9.17) is 37.4 Å². The summed E-state index contributed by atoms with van der Waals surface area (Å²) in [5.41, 5.74) is 0.374. The Bertz CT molecular complexity index is 1300. The maximum atomic E-state index is 13.0. The second kappa shape index (κ2) is 10.9. The Morgan fingerprint density at radius 2 is 1.47 bits per heavy atom. The van der Waals surface area contributed by atoms with E-state index in [-0.39, 0.29) is 27.9 Å². The Balaban J connectivity index is 1.90. The zero-order valence-corrected chi connectivity index (χ0v) is 20.9. The van der Waals surface area contributed by atoms with Crippen LogP contribution in [0.4, 0.5) is 11.4 Å². The molecule has 0 aliphatic carbocycles. The molecule has 0 heterocycles. The number of sulfonamides is 1. The number of ether oxygens (including phenoxy) is 3. The Labute approximate surface area is 208 Å². The summed E-state index contributed by atoms with van der Waals surface area (Å²) in [5, 5.41) is 3.30. The number of anilines is 2. The van der Waals surface area contributed by atoms with Crippen LogP contribution in [0.25, 0.3) is 0 Å². The Hall–Kier alpha value is -3.14. The predicted molar refractivity (Wildman–Crippen MR) is 133 cm³/mol. The van der Waals surface area contributed by atoms with Gasteiger partial charge in [0.1, 0.15) is 12.3 Å². The molecule has 3 aromatic carbocycles. The van der Waals surface area contributed by atoms with Crippen LogP contribution in [0.3, 0.4) is 0 Å². The standard InChI is InChI=1S/C23H22Cl2N2O6S/c1-31-20-11-9-16(25)13-18(20)27(34(3,29)30)14-23(28)26-17-12-15(24)8-10-19(17)33-22-7-5-4-6-21(22)32-2/h4-13H,14H2,1-3H3,(H,26,28). The quantitative estimate of drug-likeness (QED) is 0.413. The summed E-state index contributed by atoms with van der Waals surface area (Å²) in [6, 6.07) is 16.2. The maximum absolute atomic E-state index is 13.0. The molecule has 0 atom stereocenters. The van der Waals surface area contributed by atoms with Crippen LogP contribution in [0.1, 0.15) is 0 Å². The highest BCUT2D eigenvalue weighted by Crippen LogP contribution is 2.37. The first kappa shape index (κ1) is 25.5. The van der Waals surface area contributed by atoms with Gasteiger partial charge in [-0.2, -0.15) is 0 Å². The molecule has 3 aromatic rings. The van der Waals surface area contributed by atoms with Gasteiger partial charge >= 0.3 is 0 Å². The third-order valence-electron chi connectivity index (χ3n) is 4.60. The summed E-state index contributed by atoms with van der Waals surface area (Å²) < 4.78 is 42.4. The van der Waals surface area contributed by atoms with Crippen molar-refractivity contribution in [2.75, 3.05) is 36.6 Å². The minimum absolute atomic E-state index is 0.129. The van der Waals surface area contributed by atoms with Crippen LogP contribution in [-0.2, 0) is 14.8 Å². The van der Waals surface area contributed by atoms with E-state index in [1.807, 2.05) is 0 Å². The van der Waals surface area contributed by atoms with E-state index in [1.165, 1.54) is 32.4 Å². The number of hydrogen-bond acceptors (Lipinski definition) is 6. The summed E-state index contributed by atoms with van der Waals surface area (Å²) in [6.45, 7) is -0.545. The zero-order chi connectivity index (χ0) is 24.9. The molecule has 0 bridgehead atoms. The molecule has 8 nitrogen and oxygen atoms in total. The average Bonchev–Trinajstić information content (AvgIpc) is 2.79. The van der Waals surface area contributed by atoms with E-state index in [1.54, 1.807) is 42.5 Å². The van der Waals surface area contributed by atoms with E-state index in [0.29, 0.717) is 16.5 Å². The first-order chi connectivity index (χ1) is 16.1. The number of halogens is 2. The molecule has 34 heavy (non-hydrogen) atoms. The number of hydrogen-bond donors (Lipinski definition) is 1. The smallest absolute Gasteiger partial charge is 0.245 e. The number of rotatable bonds is 9. The van der Waals surface area contributed by atoms with Gasteiger partial charge in [0.2, 0.25) is 15.9 Å². The van der Waals surface area contributed by atoms with Gasteiger partial charge in [0.25, 0.3) is 0 Å². The third kappa shape index (κ3) is 6.25. The van der Waals surface area contributed by atoms with Gasteiger partial charge < -0.3 is 19.5 Å². The van der Waals surface area contributed by atoms with Crippen LogP contribution >= 0.6 is 23.2 Å². The van der Waals surface area contributed by atoms with Gasteiger partial charge in [0.15, 0.2) is 17.2 Å². The highest BCUT2D eigenvalue weighted by molar-refractivity contribution is 7.92. The van der Waals surface area contributed by atoms with Crippen LogP contribution in [0.2, 0.25) is 10.0 Å². The normalized spacial score (nSPS) is 11.0. The van der Waals surface area contributed by atoms with Crippen molar-refractivity contribution >= 4 is 50.5 Å². The molecule has 0 aliphatic rings. The van der Waals surface area contributed by atoms with E-state index in [9.17, 15) is 13.2 Å². The van der Waals surface area contributed by atoms with Crippen LogP contribution in [0.5, 0.6) is 23.0 Å². The van der Waals surface area contributed by atoms with E-state index in [0.717, 1.165) is 10.6 Å². The Morgan fingerprint density at radius 1 is 0.882 bits per heavy atom. The molecule has 1 N–H and O–H groups in total. The first-order valence-corrected chi connectivity index (χ1v) is 12.4. The number of amides is 1. The maximum Gasteiger partial charge on any atom is 0.245 e. The molecule has 180 valence electrons. The van der Waals surface area contributed by atoms with Gasteiger partial charge in [-0.3, -0.25) is 9.10 Å². The van der Waals surface area contributed by atoms with Crippen molar-refractivity contribution in [1.82, 2.24) is 0 Å². The van der Waals surface area contributed by atoms with Crippen molar-refractivity contribution in [1.29, 1.82) is 0 Å². The van der Waals surface area contributed by atoms with Gasteiger partial charge in [-0.25, -0.2) is 8.42 Å². The third-order valence-corrected chi connectivity index (χ3v) is 6.20. The molecule has 3 rings (SSSR count). The number of para-hydroxylation sites is 2. The SMILES string of the molecule is COc1ccccc1Oc1ccc(Cl)cc1NC(=O)CN(c1cc(Cl)ccc1OC)S(C)(=O)=O. The minimum atomic E-state index is -3.87. The number of carbonyl (C=O) groups excluding carboxylic acids is 1. The van der Waals surface area contributed by atoms with Gasteiger partial charge in [0.05, 0.1) is 31.9 Å². The predicted octanol–water partition coefficient (Wildman–Crippen LogP) is 5.21. The van der Waals surface area contributed by atoms with Gasteiger partial charge in [-0.1, -0.05) is 35.3 Å². The average molecular weight is 525 g/mol. The van der Waals surface area contributed by atoms with E-state index >= 15 is 0 Å². The lowest BCUT2D eigenvalue weighted by atomic mass is 10.2. The summed E-state index contributed by atoms with van der Waals surface area (Å²) in [7, 11) is -0.970. The minimum Gasteiger partial charge on any atom is -0.495 e. The van der Waals surface area contributed by atoms with Crippen molar-refractivity contribution in [2.45, 2.75) is 0 Å². The largest absolute Gasteiger partial charge is 0.495 e. The van der Waals surface area contributed by atoms with Crippen molar-refractivity contribution < 1.29 is 27.4 Å². The lowest BCUT2D eigenvalue weighted by Crippen LogP contribution is -2.37. The van der Waals surface area contributed by atoms with Gasteiger partial charge in [-0.05, 0) is 48.5 Å². The summed E-state index contributed by atoms with van der Waals surface area (Å²) >= 11 is 12.2. The Morgan fingerprint density at radius 3 is 2.09 bits per heavy atom. The summed E-state index contributed by atoms with van der Waals surface area (Å²) in [4.78, 5) is 13.0. The van der Waals surface area contributed by atoms with Gasteiger partial charge in [-0.15, -0.1) is 0 Å². The molecular formula is C23H22Cl2N2O6S. The van der Waals surface area contributed by atoms with Gasteiger partial charge in [0, 0.05) is 10.0 Å². The molecule has 0 unspecified atom stereocenters. The number of benzene rings is 3. The van der Waals surface area contributed by atoms with E-state index in [2.05, 4.69) is 5.32 Å². The van der Waals surface area contributed by atoms with Crippen LogP contribution < -0.4 is 23.8 Å². The number of methoxy groups -OCH3 is 2. The lowest BCUT2D eigenvalue weighted by molar-refractivity contribution is -0.114. The van der Waals surface area contributed by atoms with Crippen molar-refractivity contribution in [2.24, 2.45) is 0 Å². The zero-order valence-electron chi connectivity index (χ0n) is 18.5. The fourth-order valence-electron chi connectivity index (χ4n) is 3.07. The topological polar surface area (TPSA) is 94.2 Å². The van der Waals surface area contributed by atoms with Crippen LogP contribution in [0.15, 0.2) is 60.7 Å². The molecule has 0 spiro atoms. The molecule has 0 saturated carbocycles. The fourth-order valence-corrected chi connectivity index (χ4v) is 4.26. The molecule has 0 saturated heterocycles. The van der Waals surface area contributed by atoms with Crippen molar-refractivity contribution in [3.05, 3.63) is 70.7 Å². The van der Waals surface area contributed by atoms with Crippen LogP contribution in [0, 0.1) is 0 Å². The number of nitrogens with one attached hydrogen (secondary N) is 1.